The van der Waals surface area contributed by atoms with Crippen molar-refractivity contribution in [2.45, 2.75) is 30.8 Å². The zero-order valence-corrected chi connectivity index (χ0v) is 17.1. The van der Waals surface area contributed by atoms with Gasteiger partial charge in [-0.05, 0) is 44.0 Å². The minimum Gasteiger partial charge on any atom is -0.497 e. The van der Waals surface area contributed by atoms with Gasteiger partial charge in [0.2, 0.25) is 11.8 Å². The summed E-state index contributed by atoms with van der Waals surface area (Å²) in [5.74, 6) is 0.390. The summed E-state index contributed by atoms with van der Waals surface area (Å²) in [4.78, 5) is 29.3. The van der Waals surface area contributed by atoms with Crippen molar-refractivity contribution in [3.63, 3.8) is 0 Å². The second-order valence-electron chi connectivity index (χ2n) is 8.10. The second kappa shape index (κ2) is 7.02. The van der Waals surface area contributed by atoms with Crippen molar-refractivity contribution in [3.05, 3.63) is 48.0 Å². The van der Waals surface area contributed by atoms with Crippen LogP contribution in [0, 0.1) is 5.92 Å². The Balaban J connectivity index is 1.56. The van der Waals surface area contributed by atoms with Gasteiger partial charge in [-0.3, -0.25) is 14.5 Å². The first-order valence-electron chi connectivity index (χ1n) is 10.3. The first-order valence-corrected chi connectivity index (χ1v) is 10.3. The van der Waals surface area contributed by atoms with Gasteiger partial charge in [0.15, 0.2) is 0 Å². The van der Waals surface area contributed by atoms with Gasteiger partial charge < -0.3 is 20.1 Å². The lowest BCUT2D eigenvalue weighted by molar-refractivity contribution is -0.135. The van der Waals surface area contributed by atoms with Crippen molar-refractivity contribution >= 4 is 23.2 Å². The number of anilines is 2. The summed E-state index contributed by atoms with van der Waals surface area (Å²) < 4.78 is 10.7. The molecule has 5 rings (SSSR count). The summed E-state index contributed by atoms with van der Waals surface area (Å²) in [6.45, 7) is 0.818. The van der Waals surface area contributed by atoms with Crippen LogP contribution in [0.5, 0.6) is 11.5 Å². The Labute approximate surface area is 175 Å². The number of nitrogens with one attached hydrogen (secondary N) is 2. The predicted octanol–water partition coefficient (Wildman–Crippen LogP) is 2.97. The lowest BCUT2D eigenvalue weighted by Gasteiger charge is -2.36. The molecule has 2 N–H and O–H groups in total. The number of carbonyl (C=O) groups is 2. The number of rotatable bonds is 4. The van der Waals surface area contributed by atoms with Crippen molar-refractivity contribution in [2.24, 2.45) is 5.92 Å². The highest BCUT2D eigenvalue weighted by Gasteiger charge is 2.65. The fourth-order valence-electron chi connectivity index (χ4n) is 5.51. The topological polar surface area (TPSA) is 79.9 Å². The van der Waals surface area contributed by atoms with Crippen LogP contribution in [0.4, 0.5) is 11.4 Å². The molecule has 156 valence electrons. The molecule has 2 saturated heterocycles. The number of ether oxygens (including phenoxy) is 2. The molecule has 2 amide bonds. The quantitative estimate of drug-likeness (QED) is 0.815. The van der Waals surface area contributed by atoms with Crippen LogP contribution in [-0.2, 0) is 15.1 Å². The minimum atomic E-state index is -0.964. The van der Waals surface area contributed by atoms with E-state index in [4.69, 9.17) is 9.47 Å². The molecule has 2 aromatic rings. The van der Waals surface area contributed by atoms with Gasteiger partial charge in [0.25, 0.3) is 0 Å². The first-order chi connectivity index (χ1) is 14.6. The number of hydrogen-bond acceptors (Lipinski definition) is 5. The zero-order chi connectivity index (χ0) is 20.9. The van der Waals surface area contributed by atoms with Crippen LogP contribution in [-0.4, -0.2) is 43.5 Å². The smallest absolute Gasteiger partial charge is 0.250 e. The van der Waals surface area contributed by atoms with Gasteiger partial charge in [0, 0.05) is 23.4 Å². The minimum absolute atomic E-state index is 0.106. The van der Waals surface area contributed by atoms with Gasteiger partial charge in [-0.15, -0.1) is 0 Å². The third kappa shape index (κ3) is 2.55. The number of amides is 2. The Morgan fingerprint density at radius 3 is 2.83 bits per heavy atom. The summed E-state index contributed by atoms with van der Waals surface area (Å²) in [6.07, 6.45) is 2.70. The molecule has 0 aliphatic carbocycles. The molecule has 0 unspecified atom stereocenters. The van der Waals surface area contributed by atoms with E-state index in [0.717, 1.165) is 30.6 Å². The Morgan fingerprint density at radius 1 is 1.20 bits per heavy atom. The Morgan fingerprint density at radius 2 is 2.03 bits per heavy atom. The third-order valence-corrected chi connectivity index (χ3v) is 6.76. The number of para-hydroxylation sites is 1. The maximum atomic E-state index is 13.6. The van der Waals surface area contributed by atoms with E-state index in [0.29, 0.717) is 23.6 Å². The van der Waals surface area contributed by atoms with E-state index in [1.807, 2.05) is 24.3 Å². The maximum Gasteiger partial charge on any atom is 0.250 e. The molecule has 0 aromatic heterocycles. The highest BCUT2D eigenvalue weighted by Crippen LogP contribution is 2.55. The van der Waals surface area contributed by atoms with Crippen molar-refractivity contribution in [1.82, 2.24) is 4.90 Å². The Kier molecular flexibility index (Phi) is 4.43. The van der Waals surface area contributed by atoms with Crippen molar-refractivity contribution in [1.29, 1.82) is 0 Å². The van der Waals surface area contributed by atoms with E-state index in [1.54, 1.807) is 32.4 Å². The average molecular weight is 407 g/mol. The molecule has 0 bridgehead atoms. The van der Waals surface area contributed by atoms with Crippen LogP contribution >= 0.6 is 0 Å². The third-order valence-electron chi connectivity index (χ3n) is 6.76. The summed E-state index contributed by atoms with van der Waals surface area (Å²) >= 11 is 0. The fraction of sp³-hybridized carbons (Fsp3) is 0.391. The lowest BCUT2D eigenvalue weighted by Crippen LogP contribution is -2.53. The standard InChI is InChI=1S/C23H25N3O4/c1-29-15-9-10-20(30-2)19(13-15)24-21(27)17-12-14-6-5-11-26(14)23(17)16-7-3-4-8-18(16)25-22(23)28/h3-4,7-10,13-14,17H,5-6,11-12H2,1-2H3,(H,24,27)(H,25,28)/t14-,17+,23-/m0/s1. The van der Waals surface area contributed by atoms with Crippen LogP contribution in [0.15, 0.2) is 42.5 Å². The van der Waals surface area contributed by atoms with Crippen LogP contribution < -0.4 is 20.1 Å². The fourth-order valence-corrected chi connectivity index (χ4v) is 5.51. The van der Waals surface area contributed by atoms with Crippen molar-refractivity contribution in [3.8, 4) is 11.5 Å². The largest absolute Gasteiger partial charge is 0.497 e. The molecule has 7 nitrogen and oxygen atoms in total. The SMILES string of the molecule is COc1ccc(OC)c(NC(=O)[C@H]2C[C@@H]3CCCN3[C@]23C(=O)Nc2ccccc23)c1. The number of hydrogen-bond donors (Lipinski definition) is 2. The normalized spacial score (nSPS) is 26.9. The van der Waals surface area contributed by atoms with Crippen LogP contribution in [0.25, 0.3) is 0 Å². The van der Waals surface area contributed by atoms with Gasteiger partial charge in [-0.2, -0.15) is 0 Å². The van der Waals surface area contributed by atoms with E-state index in [-0.39, 0.29) is 17.9 Å². The van der Waals surface area contributed by atoms with Gasteiger partial charge in [-0.1, -0.05) is 18.2 Å². The Bertz CT molecular complexity index is 1020. The van der Waals surface area contributed by atoms with E-state index in [1.165, 1.54) is 0 Å². The van der Waals surface area contributed by atoms with Gasteiger partial charge >= 0.3 is 0 Å². The van der Waals surface area contributed by atoms with E-state index in [9.17, 15) is 9.59 Å². The van der Waals surface area contributed by atoms with E-state index in [2.05, 4.69) is 15.5 Å². The van der Waals surface area contributed by atoms with E-state index >= 15 is 0 Å². The monoisotopic (exact) mass is 407 g/mol. The van der Waals surface area contributed by atoms with E-state index < -0.39 is 11.5 Å². The molecular formula is C23H25N3O4. The van der Waals surface area contributed by atoms with Gasteiger partial charge in [-0.25, -0.2) is 0 Å². The number of methoxy groups -OCH3 is 2. The average Bonchev–Trinajstić information content (AvgIpc) is 3.42. The highest BCUT2D eigenvalue weighted by molar-refractivity contribution is 6.10. The molecule has 7 heteroatoms. The first kappa shape index (κ1) is 18.9. The highest BCUT2D eigenvalue weighted by atomic mass is 16.5. The number of fused-ring (bicyclic) bond motifs is 4. The van der Waals surface area contributed by atoms with Gasteiger partial charge in [0.05, 0.1) is 25.8 Å². The lowest BCUT2D eigenvalue weighted by atomic mass is 9.78. The predicted molar refractivity (Wildman–Crippen MR) is 113 cm³/mol. The maximum absolute atomic E-state index is 13.6. The molecule has 1 spiro atoms. The van der Waals surface area contributed by atoms with Crippen molar-refractivity contribution < 1.29 is 19.1 Å². The molecule has 3 atom stereocenters. The molecule has 3 heterocycles. The van der Waals surface area contributed by atoms with Crippen LogP contribution in [0.1, 0.15) is 24.8 Å². The Hall–Kier alpha value is -3.06. The molecule has 2 fully saturated rings. The molecular weight excluding hydrogens is 382 g/mol. The molecule has 3 aliphatic heterocycles. The zero-order valence-electron chi connectivity index (χ0n) is 17.1. The number of carbonyl (C=O) groups excluding carboxylic acids is 2. The molecule has 0 radical (unpaired) electrons. The molecule has 0 saturated carbocycles. The van der Waals surface area contributed by atoms with Crippen LogP contribution in [0.3, 0.4) is 0 Å². The van der Waals surface area contributed by atoms with Crippen molar-refractivity contribution in [2.75, 3.05) is 31.4 Å². The summed E-state index contributed by atoms with van der Waals surface area (Å²) in [6, 6.07) is 13.2. The van der Waals surface area contributed by atoms with Gasteiger partial charge in [0.1, 0.15) is 17.0 Å². The molecule has 2 aromatic carbocycles. The number of nitrogens with zero attached hydrogens (tertiary/aromatic N) is 1. The summed E-state index contributed by atoms with van der Waals surface area (Å²) in [5, 5.41) is 6.05. The number of benzene rings is 2. The second-order valence-corrected chi connectivity index (χ2v) is 8.10. The molecule has 30 heavy (non-hydrogen) atoms. The summed E-state index contributed by atoms with van der Waals surface area (Å²) in [7, 11) is 3.14. The summed E-state index contributed by atoms with van der Waals surface area (Å²) in [5.41, 5.74) is 1.27. The van der Waals surface area contributed by atoms with Crippen LogP contribution in [0.2, 0.25) is 0 Å². The molecule has 3 aliphatic rings.